The van der Waals surface area contributed by atoms with Gasteiger partial charge in [-0.05, 0) is 61.1 Å². The first kappa shape index (κ1) is 23.4. The number of aromatic amines is 1. The largest absolute Gasteiger partial charge is 0.479 e. The first-order chi connectivity index (χ1) is 16.5. The fraction of sp³-hybridized carbons (Fsp3) is 0.385. The molecule has 1 aliphatic rings. The predicted octanol–water partition coefficient (Wildman–Crippen LogP) is 4.71. The number of aryl methyl sites for hydroxylation is 1. The summed E-state index contributed by atoms with van der Waals surface area (Å²) in [6.07, 6.45) is 1.46. The molecule has 9 heteroatoms. The minimum absolute atomic E-state index is 0.0413. The lowest BCUT2D eigenvalue weighted by Crippen LogP contribution is -2.49. The number of fused-ring (bicyclic) bond motifs is 2. The number of nitrogens with zero attached hydrogens (tertiary/aromatic N) is 2. The van der Waals surface area contributed by atoms with Crippen LogP contribution in [0.3, 0.4) is 0 Å². The van der Waals surface area contributed by atoms with Crippen molar-refractivity contribution in [1.29, 1.82) is 0 Å². The standard InChI is InChI=1S/C26H27F2N3O4/c1-13-7-16(5-6-17(13)27)31-18-8-14-11-29-30-22(14)21(28)20(18)19(23(31)25(2,3)12-35-4)15-9-26(34,10-15)24(32)33/h5-8,11,15,34H,9-10,12H2,1-4H3,(H,29,30)(H,32,33). The van der Waals surface area contributed by atoms with E-state index in [1.807, 2.05) is 24.5 Å². The van der Waals surface area contributed by atoms with Gasteiger partial charge in [-0.25, -0.2) is 13.6 Å². The zero-order valence-corrected chi connectivity index (χ0v) is 19.9. The molecule has 0 bridgehead atoms. The number of carbonyl (C=O) groups is 1. The maximum Gasteiger partial charge on any atom is 0.335 e. The molecule has 35 heavy (non-hydrogen) atoms. The topological polar surface area (TPSA) is 100 Å². The van der Waals surface area contributed by atoms with Crippen molar-refractivity contribution < 1.29 is 28.5 Å². The highest BCUT2D eigenvalue weighted by molar-refractivity contribution is 6.00. The summed E-state index contributed by atoms with van der Waals surface area (Å²) in [6, 6.07) is 6.55. The number of halogens is 2. The normalized spacial score (nSPS) is 20.5. The molecule has 4 aromatic rings. The molecule has 3 N–H and O–H groups in total. The zero-order valence-electron chi connectivity index (χ0n) is 19.9. The van der Waals surface area contributed by atoms with Crippen LogP contribution in [-0.2, 0) is 14.9 Å². The minimum atomic E-state index is -1.86. The Labute approximate surface area is 200 Å². The molecule has 1 saturated carbocycles. The smallest absolute Gasteiger partial charge is 0.335 e. The molecule has 0 saturated heterocycles. The quantitative estimate of drug-likeness (QED) is 0.369. The fourth-order valence-corrected chi connectivity index (χ4v) is 5.49. The van der Waals surface area contributed by atoms with Crippen LogP contribution in [0, 0.1) is 18.6 Å². The lowest BCUT2D eigenvalue weighted by Gasteiger charge is -2.42. The van der Waals surface area contributed by atoms with E-state index in [1.54, 1.807) is 26.2 Å². The second-order valence-corrected chi connectivity index (χ2v) is 10.2. The summed E-state index contributed by atoms with van der Waals surface area (Å²) in [5, 5.41) is 27.6. The van der Waals surface area contributed by atoms with Crippen molar-refractivity contribution in [3.8, 4) is 5.69 Å². The Hall–Kier alpha value is -3.30. The average molecular weight is 484 g/mol. The number of hydrogen-bond donors (Lipinski definition) is 3. The molecule has 2 aromatic heterocycles. The molecule has 2 aromatic carbocycles. The lowest BCUT2D eigenvalue weighted by atomic mass is 9.66. The maximum atomic E-state index is 16.1. The van der Waals surface area contributed by atoms with E-state index in [-0.39, 0.29) is 24.2 Å². The van der Waals surface area contributed by atoms with Crippen molar-refractivity contribution in [2.24, 2.45) is 0 Å². The number of nitrogens with one attached hydrogen (secondary N) is 1. The Morgan fingerprint density at radius 1 is 1.31 bits per heavy atom. The van der Waals surface area contributed by atoms with Gasteiger partial charge in [0.2, 0.25) is 0 Å². The third-order valence-corrected chi connectivity index (χ3v) is 7.17. The molecular weight excluding hydrogens is 456 g/mol. The average Bonchev–Trinajstić information content (AvgIpc) is 3.37. The number of aromatic nitrogens is 3. The summed E-state index contributed by atoms with van der Waals surface area (Å²) in [6.45, 7) is 5.90. The summed E-state index contributed by atoms with van der Waals surface area (Å²) >= 11 is 0. The highest BCUT2D eigenvalue weighted by Crippen LogP contribution is 2.52. The number of carboxylic acids is 1. The molecule has 0 atom stereocenters. The molecule has 1 aliphatic carbocycles. The van der Waals surface area contributed by atoms with E-state index >= 15 is 4.39 Å². The Bertz CT molecular complexity index is 1480. The van der Waals surface area contributed by atoms with Crippen LogP contribution in [0.25, 0.3) is 27.5 Å². The summed E-state index contributed by atoms with van der Waals surface area (Å²) in [4.78, 5) is 11.6. The van der Waals surface area contributed by atoms with Crippen molar-refractivity contribution in [3.63, 3.8) is 0 Å². The summed E-state index contributed by atoms with van der Waals surface area (Å²) in [7, 11) is 1.58. The van der Waals surface area contributed by atoms with E-state index in [2.05, 4.69) is 10.2 Å². The van der Waals surface area contributed by atoms with Crippen LogP contribution < -0.4 is 0 Å². The molecule has 0 aliphatic heterocycles. The van der Waals surface area contributed by atoms with Crippen molar-refractivity contribution in [1.82, 2.24) is 14.8 Å². The van der Waals surface area contributed by atoms with Gasteiger partial charge in [0.1, 0.15) is 11.3 Å². The molecule has 1 fully saturated rings. The van der Waals surface area contributed by atoms with Gasteiger partial charge in [-0.2, -0.15) is 5.10 Å². The van der Waals surface area contributed by atoms with Crippen LogP contribution in [0.5, 0.6) is 0 Å². The number of aliphatic carboxylic acids is 1. The van der Waals surface area contributed by atoms with Crippen LogP contribution in [0.4, 0.5) is 8.78 Å². The molecule has 184 valence electrons. The fourth-order valence-electron chi connectivity index (χ4n) is 5.49. The third-order valence-electron chi connectivity index (χ3n) is 7.17. The second kappa shape index (κ2) is 7.86. The van der Waals surface area contributed by atoms with Gasteiger partial charge in [-0.1, -0.05) is 13.8 Å². The van der Waals surface area contributed by atoms with Gasteiger partial charge in [0, 0.05) is 34.7 Å². The van der Waals surface area contributed by atoms with Gasteiger partial charge in [-0.3, -0.25) is 5.10 Å². The SMILES string of the molecule is COCC(C)(C)c1c(C2CC(O)(C(=O)O)C2)c2c(F)c3[nH]ncc3cc2n1-c1ccc(F)c(C)c1. The molecule has 0 spiro atoms. The van der Waals surface area contributed by atoms with E-state index in [1.165, 1.54) is 12.3 Å². The van der Waals surface area contributed by atoms with Crippen LogP contribution in [0.2, 0.25) is 0 Å². The molecule has 7 nitrogen and oxygen atoms in total. The van der Waals surface area contributed by atoms with E-state index in [4.69, 9.17) is 4.74 Å². The van der Waals surface area contributed by atoms with Crippen molar-refractivity contribution in [2.45, 2.75) is 50.5 Å². The van der Waals surface area contributed by atoms with Crippen LogP contribution >= 0.6 is 0 Å². The van der Waals surface area contributed by atoms with Gasteiger partial charge < -0.3 is 19.5 Å². The first-order valence-corrected chi connectivity index (χ1v) is 11.4. The third kappa shape index (κ3) is 3.44. The summed E-state index contributed by atoms with van der Waals surface area (Å²) < 4.78 is 37.7. The van der Waals surface area contributed by atoms with Gasteiger partial charge in [-0.15, -0.1) is 0 Å². The number of carboxylic acid groups (broad SMARTS) is 1. The maximum absolute atomic E-state index is 16.1. The molecular formula is C26H27F2N3O4. The lowest BCUT2D eigenvalue weighted by molar-refractivity contribution is -0.169. The Morgan fingerprint density at radius 2 is 2.03 bits per heavy atom. The minimum Gasteiger partial charge on any atom is -0.479 e. The second-order valence-electron chi connectivity index (χ2n) is 10.2. The molecule has 0 unspecified atom stereocenters. The van der Waals surface area contributed by atoms with E-state index in [0.717, 1.165) is 5.69 Å². The zero-order chi connectivity index (χ0) is 25.3. The number of methoxy groups -OCH3 is 1. The Balaban J connectivity index is 1.91. The predicted molar refractivity (Wildman–Crippen MR) is 127 cm³/mol. The highest BCUT2D eigenvalue weighted by Gasteiger charge is 2.52. The van der Waals surface area contributed by atoms with Crippen LogP contribution in [0.1, 0.15) is 49.4 Å². The van der Waals surface area contributed by atoms with E-state index in [0.29, 0.717) is 39.7 Å². The van der Waals surface area contributed by atoms with Crippen molar-refractivity contribution in [2.75, 3.05) is 13.7 Å². The highest BCUT2D eigenvalue weighted by atomic mass is 19.1. The Morgan fingerprint density at radius 3 is 2.66 bits per heavy atom. The molecule has 5 rings (SSSR count). The van der Waals surface area contributed by atoms with Gasteiger partial charge >= 0.3 is 5.97 Å². The Kier molecular flexibility index (Phi) is 5.26. The number of benzene rings is 2. The van der Waals surface area contributed by atoms with Gasteiger partial charge in [0.05, 0.1) is 18.3 Å². The number of aliphatic hydroxyl groups is 1. The molecule has 2 heterocycles. The monoisotopic (exact) mass is 483 g/mol. The van der Waals surface area contributed by atoms with Crippen molar-refractivity contribution in [3.05, 3.63) is 58.9 Å². The number of H-pyrrole nitrogens is 1. The van der Waals surface area contributed by atoms with Crippen LogP contribution in [0.15, 0.2) is 30.5 Å². The van der Waals surface area contributed by atoms with Gasteiger partial charge in [0.25, 0.3) is 0 Å². The molecule has 0 radical (unpaired) electrons. The van der Waals surface area contributed by atoms with Gasteiger partial charge in [0.15, 0.2) is 11.4 Å². The van der Waals surface area contributed by atoms with E-state index in [9.17, 15) is 19.4 Å². The van der Waals surface area contributed by atoms with Crippen molar-refractivity contribution >= 4 is 27.8 Å². The van der Waals surface area contributed by atoms with Crippen LogP contribution in [-0.4, -0.2) is 50.3 Å². The first-order valence-electron chi connectivity index (χ1n) is 11.4. The van der Waals surface area contributed by atoms with E-state index < -0.39 is 28.7 Å². The number of hydrogen-bond acceptors (Lipinski definition) is 4. The summed E-state index contributed by atoms with van der Waals surface area (Å²) in [5.74, 6) is -2.54. The number of rotatable bonds is 6. The number of ether oxygens (including phenoxy) is 1. The molecule has 0 amide bonds. The summed E-state index contributed by atoms with van der Waals surface area (Å²) in [5.41, 5.74) is 0.757.